The smallest absolute Gasteiger partial charge is 0.258 e. The van der Waals surface area contributed by atoms with Crippen LogP contribution in [0.2, 0.25) is 0 Å². The molecule has 11 heteroatoms. The van der Waals surface area contributed by atoms with Crippen LogP contribution in [-0.4, -0.2) is 99.3 Å². The molecule has 0 saturated carbocycles. The summed E-state index contributed by atoms with van der Waals surface area (Å²) in [6, 6.07) is 3.96. The third-order valence-corrected chi connectivity index (χ3v) is 7.29. The minimum atomic E-state index is -3.79. The van der Waals surface area contributed by atoms with Gasteiger partial charge in [-0.15, -0.1) is 0 Å². The van der Waals surface area contributed by atoms with Crippen molar-refractivity contribution in [1.82, 2.24) is 19.4 Å². The summed E-state index contributed by atoms with van der Waals surface area (Å²) in [5.41, 5.74) is 0.256. The van der Waals surface area contributed by atoms with Crippen molar-refractivity contribution in [3.8, 4) is 0 Å². The van der Waals surface area contributed by atoms with Gasteiger partial charge in [-0.1, -0.05) is 0 Å². The minimum absolute atomic E-state index is 0.0149. The molecule has 0 spiro atoms. The van der Waals surface area contributed by atoms with E-state index in [1.54, 1.807) is 4.90 Å². The summed E-state index contributed by atoms with van der Waals surface area (Å²) < 4.78 is 32.5. The molecule has 0 radical (unpaired) electrons. The van der Waals surface area contributed by atoms with Crippen molar-refractivity contribution in [2.75, 3.05) is 59.0 Å². The van der Waals surface area contributed by atoms with Crippen LogP contribution in [0.15, 0.2) is 23.1 Å². The number of benzene rings is 1. The average Bonchev–Trinajstić information content (AvgIpc) is 3.02. The lowest BCUT2D eigenvalue weighted by Gasteiger charge is -2.35. The molecule has 1 N–H and O–H groups in total. The molecule has 0 unspecified atom stereocenters. The van der Waals surface area contributed by atoms with Gasteiger partial charge in [-0.3, -0.25) is 24.6 Å². The number of hydrogen-bond acceptors (Lipinski definition) is 7. The van der Waals surface area contributed by atoms with Gasteiger partial charge < -0.3 is 9.64 Å². The molecule has 1 aromatic rings. The molecule has 156 valence electrons. The molecule has 3 amide bonds. The number of imide groups is 1. The Balaban J connectivity index is 1.39. The van der Waals surface area contributed by atoms with E-state index in [9.17, 15) is 22.8 Å². The number of carbonyl (C=O) groups is 3. The maximum Gasteiger partial charge on any atom is 0.258 e. The number of morpholine rings is 1. The van der Waals surface area contributed by atoms with Crippen LogP contribution < -0.4 is 5.32 Å². The summed E-state index contributed by atoms with van der Waals surface area (Å²) >= 11 is 0. The van der Waals surface area contributed by atoms with Crippen LogP contribution in [0.25, 0.3) is 0 Å². The maximum atomic E-state index is 13.0. The number of fused-ring (bicyclic) bond motifs is 1. The number of hydrogen-bond donors (Lipinski definition) is 1. The SMILES string of the molecule is O=C1NC(=O)c2cc(S(=O)(=O)N3CCN(CC(=O)N4CCOCC4)CC3)ccc21. The fourth-order valence-corrected chi connectivity index (χ4v) is 5.14. The standard InChI is InChI=1S/C18H22N4O6S/c23-16(21-7-9-28-10-8-21)12-20-3-5-22(6-4-20)29(26,27)13-1-2-14-15(11-13)18(25)19-17(14)24/h1-2,11H,3-10,12H2,(H,19,24,25). The zero-order valence-electron chi connectivity index (χ0n) is 15.8. The molecule has 0 aromatic heterocycles. The Hall–Kier alpha value is -2.34. The molecule has 3 aliphatic rings. The van der Waals surface area contributed by atoms with Crippen molar-refractivity contribution in [1.29, 1.82) is 0 Å². The number of nitrogens with zero attached hydrogens (tertiary/aromatic N) is 3. The molecule has 0 atom stereocenters. The van der Waals surface area contributed by atoms with Crippen molar-refractivity contribution in [2.24, 2.45) is 0 Å². The van der Waals surface area contributed by atoms with Gasteiger partial charge in [-0.25, -0.2) is 8.42 Å². The van der Waals surface area contributed by atoms with Crippen LogP contribution in [0.5, 0.6) is 0 Å². The molecular formula is C18H22N4O6S. The predicted molar refractivity (Wildman–Crippen MR) is 101 cm³/mol. The van der Waals surface area contributed by atoms with Crippen molar-refractivity contribution in [3.05, 3.63) is 29.3 Å². The minimum Gasteiger partial charge on any atom is -0.378 e. The highest BCUT2D eigenvalue weighted by molar-refractivity contribution is 7.89. The Labute approximate surface area is 168 Å². The average molecular weight is 422 g/mol. The van der Waals surface area contributed by atoms with Crippen LogP contribution >= 0.6 is 0 Å². The molecule has 2 fully saturated rings. The first kappa shape index (κ1) is 20.0. The molecule has 4 rings (SSSR count). The Kier molecular flexibility index (Phi) is 5.38. The highest BCUT2D eigenvalue weighted by Crippen LogP contribution is 2.23. The number of rotatable bonds is 4. The molecule has 0 aliphatic carbocycles. The second kappa shape index (κ2) is 7.82. The van der Waals surface area contributed by atoms with Gasteiger partial charge in [0.15, 0.2) is 0 Å². The highest BCUT2D eigenvalue weighted by Gasteiger charge is 2.33. The molecule has 1 aromatic carbocycles. The number of sulfonamides is 1. The maximum absolute atomic E-state index is 13.0. The van der Waals surface area contributed by atoms with E-state index in [0.29, 0.717) is 39.4 Å². The highest BCUT2D eigenvalue weighted by atomic mass is 32.2. The fourth-order valence-electron chi connectivity index (χ4n) is 3.69. The molecular weight excluding hydrogens is 400 g/mol. The molecule has 29 heavy (non-hydrogen) atoms. The second-order valence-corrected chi connectivity index (χ2v) is 9.10. The second-order valence-electron chi connectivity index (χ2n) is 7.16. The first-order valence-electron chi connectivity index (χ1n) is 9.44. The van der Waals surface area contributed by atoms with Crippen LogP contribution in [0.4, 0.5) is 0 Å². The van der Waals surface area contributed by atoms with Gasteiger partial charge in [-0.2, -0.15) is 4.31 Å². The first-order chi connectivity index (χ1) is 13.9. The van der Waals surface area contributed by atoms with Crippen LogP contribution in [0, 0.1) is 0 Å². The number of ether oxygens (including phenoxy) is 1. The molecule has 3 heterocycles. The van der Waals surface area contributed by atoms with Crippen molar-refractivity contribution in [3.63, 3.8) is 0 Å². The lowest BCUT2D eigenvalue weighted by Crippen LogP contribution is -2.52. The number of piperazine rings is 1. The quantitative estimate of drug-likeness (QED) is 0.602. The Morgan fingerprint density at radius 3 is 2.31 bits per heavy atom. The molecule has 3 aliphatic heterocycles. The summed E-state index contributed by atoms with van der Waals surface area (Å²) in [5.74, 6) is -1.08. The number of nitrogens with one attached hydrogen (secondary N) is 1. The van der Waals surface area contributed by atoms with Crippen LogP contribution in [0.3, 0.4) is 0 Å². The van der Waals surface area contributed by atoms with Gasteiger partial charge in [-0.05, 0) is 18.2 Å². The summed E-state index contributed by atoms with van der Waals surface area (Å²) in [6.45, 7) is 3.91. The van der Waals surface area contributed by atoms with Gasteiger partial charge in [0.1, 0.15) is 0 Å². The van der Waals surface area contributed by atoms with E-state index < -0.39 is 21.8 Å². The van der Waals surface area contributed by atoms with E-state index >= 15 is 0 Å². The van der Waals surface area contributed by atoms with Crippen molar-refractivity contribution >= 4 is 27.7 Å². The molecule has 0 bridgehead atoms. The van der Waals surface area contributed by atoms with Crippen LogP contribution in [-0.2, 0) is 19.6 Å². The lowest BCUT2D eigenvalue weighted by molar-refractivity contribution is -0.136. The zero-order chi connectivity index (χ0) is 20.6. The van der Waals surface area contributed by atoms with Crippen molar-refractivity contribution in [2.45, 2.75) is 4.90 Å². The largest absolute Gasteiger partial charge is 0.378 e. The molecule has 2 saturated heterocycles. The number of carbonyl (C=O) groups excluding carboxylic acids is 3. The molecule has 10 nitrogen and oxygen atoms in total. The van der Waals surface area contributed by atoms with E-state index in [-0.39, 0.29) is 41.6 Å². The summed E-state index contributed by atoms with van der Waals surface area (Å²) in [5, 5.41) is 2.15. The Morgan fingerprint density at radius 1 is 0.966 bits per heavy atom. The van der Waals surface area contributed by atoms with E-state index in [1.165, 1.54) is 22.5 Å². The third kappa shape index (κ3) is 3.90. The monoisotopic (exact) mass is 422 g/mol. The van der Waals surface area contributed by atoms with Crippen LogP contribution in [0.1, 0.15) is 20.7 Å². The van der Waals surface area contributed by atoms with Gasteiger partial charge in [0.2, 0.25) is 15.9 Å². The summed E-state index contributed by atoms with van der Waals surface area (Å²) in [6.07, 6.45) is 0. The first-order valence-corrected chi connectivity index (χ1v) is 10.9. The van der Waals surface area contributed by atoms with E-state index in [2.05, 4.69) is 5.32 Å². The van der Waals surface area contributed by atoms with Crippen molar-refractivity contribution < 1.29 is 27.5 Å². The van der Waals surface area contributed by atoms with E-state index in [0.717, 1.165) is 0 Å². The van der Waals surface area contributed by atoms with E-state index in [1.807, 2.05) is 4.90 Å². The van der Waals surface area contributed by atoms with Gasteiger partial charge in [0.25, 0.3) is 11.8 Å². The lowest BCUT2D eigenvalue weighted by atomic mass is 10.1. The summed E-state index contributed by atoms with van der Waals surface area (Å²) in [4.78, 5) is 39.5. The Morgan fingerprint density at radius 2 is 1.62 bits per heavy atom. The van der Waals surface area contributed by atoms with Gasteiger partial charge in [0, 0.05) is 39.3 Å². The zero-order valence-corrected chi connectivity index (χ0v) is 16.6. The summed E-state index contributed by atoms with van der Waals surface area (Å²) in [7, 11) is -3.79. The van der Waals surface area contributed by atoms with Gasteiger partial charge in [0.05, 0.1) is 35.8 Å². The number of amides is 3. The third-order valence-electron chi connectivity index (χ3n) is 5.40. The Bertz CT molecular complexity index is 949. The van der Waals surface area contributed by atoms with E-state index in [4.69, 9.17) is 4.74 Å². The normalized spacial score (nSPS) is 21.2. The predicted octanol–water partition coefficient (Wildman–Crippen LogP) is -1.26. The topological polar surface area (TPSA) is 116 Å². The fraction of sp³-hybridized carbons (Fsp3) is 0.500. The van der Waals surface area contributed by atoms with Gasteiger partial charge >= 0.3 is 0 Å².